The van der Waals surface area contributed by atoms with Crippen LogP contribution in [0.1, 0.15) is 33.6 Å². The molecule has 17 heavy (non-hydrogen) atoms. The minimum Gasteiger partial charge on any atom is -0.490 e. The summed E-state index contributed by atoms with van der Waals surface area (Å²) in [5.74, 6) is 0.939. The summed E-state index contributed by atoms with van der Waals surface area (Å²) in [6, 6.07) is 3.85. The zero-order chi connectivity index (χ0) is 12.3. The third-order valence-corrected chi connectivity index (χ3v) is 3.34. The van der Waals surface area contributed by atoms with Crippen LogP contribution >= 0.6 is 0 Å². The van der Waals surface area contributed by atoms with Crippen LogP contribution in [0, 0.1) is 0 Å². The third-order valence-electron chi connectivity index (χ3n) is 3.34. The van der Waals surface area contributed by atoms with Crippen molar-refractivity contribution in [1.29, 1.82) is 0 Å². The van der Waals surface area contributed by atoms with Crippen LogP contribution in [-0.4, -0.2) is 34.6 Å². The van der Waals surface area contributed by atoms with Crippen molar-refractivity contribution in [3.8, 4) is 5.75 Å². The second-order valence-electron chi connectivity index (χ2n) is 5.66. The van der Waals surface area contributed by atoms with E-state index in [-0.39, 0.29) is 5.54 Å². The van der Waals surface area contributed by atoms with Crippen molar-refractivity contribution < 1.29 is 4.74 Å². The molecule has 0 atom stereocenters. The monoisotopic (exact) mass is 234 g/mol. The number of piperidine rings is 1. The summed E-state index contributed by atoms with van der Waals surface area (Å²) >= 11 is 0. The Morgan fingerprint density at radius 3 is 2.29 bits per heavy atom. The fourth-order valence-electron chi connectivity index (χ4n) is 2.25. The van der Waals surface area contributed by atoms with E-state index in [1.165, 1.54) is 0 Å². The fourth-order valence-corrected chi connectivity index (χ4v) is 2.25. The molecular weight excluding hydrogens is 212 g/mol. The number of hydrogen-bond donors (Lipinski definition) is 0. The number of hydrogen-bond acceptors (Lipinski definition) is 3. The van der Waals surface area contributed by atoms with Gasteiger partial charge in [-0.3, -0.25) is 9.88 Å². The summed E-state index contributed by atoms with van der Waals surface area (Å²) in [6.07, 6.45) is 6.13. The van der Waals surface area contributed by atoms with Gasteiger partial charge in [-0.2, -0.15) is 0 Å². The lowest BCUT2D eigenvalue weighted by atomic mass is 9.99. The maximum atomic E-state index is 5.95. The highest BCUT2D eigenvalue weighted by atomic mass is 16.5. The van der Waals surface area contributed by atoms with Crippen LogP contribution in [-0.2, 0) is 0 Å². The topological polar surface area (TPSA) is 25.4 Å². The van der Waals surface area contributed by atoms with Crippen LogP contribution in [0.15, 0.2) is 24.5 Å². The van der Waals surface area contributed by atoms with E-state index in [4.69, 9.17) is 4.74 Å². The smallest absolute Gasteiger partial charge is 0.122 e. The molecule has 1 saturated heterocycles. The summed E-state index contributed by atoms with van der Waals surface area (Å²) in [6.45, 7) is 9.07. The first-order chi connectivity index (χ1) is 8.05. The third kappa shape index (κ3) is 3.43. The second kappa shape index (κ2) is 5.05. The minimum atomic E-state index is 0.279. The largest absolute Gasteiger partial charge is 0.490 e. The van der Waals surface area contributed by atoms with E-state index in [0.29, 0.717) is 6.10 Å². The lowest BCUT2D eigenvalue weighted by Gasteiger charge is -2.40. The van der Waals surface area contributed by atoms with Crippen LogP contribution < -0.4 is 4.74 Å². The Kier molecular flexibility index (Phi) is 3.67. The maximum Gasteiger partial charge on any atom is 0.122 e. The van der Waals surface area contributed by atoms with E-state index < -0.39 is 0 Å². The van der Waals surface area contributed by atoms with Gasteiger partial charge < -0.3 is 4.74 Å². The van der Waals surface area contributed by atoms with Crippen molar-refractivity contribution in [2.45, 2.75) is 45.3 Å². The first-order valence-corrected chi connectivity index (χ1v) is 6.37. The molecule has 0 amide bonds. The Morgan fingerprint density at radius 1 is 1.18 bits per heavy atom. The molecular formula is C14H22N2O. The molecule has 1 aliphatic rings. The predicted octanol–water partition coefficient (Wildman–Crippen LogP) is 2.72. The van der Waals surface area contributed by atoms with E-state index in [9.17, 15) is 0 Å². The Hall–Kier alpha value is -1.09. The van der Waals surface area contributed by atoms with E-state index >= 15 is 0 Å². The normalized spacial score (nSPS) is 19.2. The molecule has 0 radical (unpaired) electrons. The van der Waals surface area contributed by atoms with Gasteiger partial charge >= 0.3 is 0 Å². The van der Waals surface area contributed by atoms with Gasteiger partial charge in [0.25, 0.3) is 0 Å². The minimum absolute atomic E-state index is 0.279. The quantitative estimate of drug-likeness (QED) is 0.786. The SMILES string of the molecule is CC(C)(C)N1CCC(Oc2ccncc2)CC1. The first-order valence-electron chi connectivity index (χ1n) is 6.37. The van der Waals surface area contributed by atoms with Crippen molar-refractivity contribution in [2.24, 2.45) is 0 Å². The van der Waals surface area contributed by atoms with E-state index in [2.05, 4.69) is 30.7 Å². The number of likely N-dealkylation sites (tertiary alicyclic amines) is 1. The first kappa shape index (κ1) is 12.4. The molecule has 0 unspecified atom stereocenters. The molecule has 1 aliphatic heterocycles. The average Bonchev–Trinajstić information content (AvgIpc) is 2.30. The van der Waals surface area contributed by atoms with Crippen LogP contribution in [0.5, 0.6) is 5.75 Å². The number of aromatic nitrogens is 1. The van der Waals surface area contributed by atoms with Crippen molar-refractivity contribution in [1.82, 2.24) is 9.88 Å². The van der Waals surface area contributed by atoms with Gasteiger partial charge in [-0.05, 0) is 45.7 Å². The van der Waals surface area contributed by atoms with Crippen molar-refractivity contribution in [2.75, 3.05) is 13.1 Å². The molecule has 1 aromatic rings. The number of rotatable bonds is 2. The highest BCUT2D eigenvalue weighted by Gasteiger charge is 2.27. The number of nitrogens with zero attached hydrogens (tertiary/aromatic N) is 2. The van der Waals surface area contributed by atoms with Crippen molar-refractivity contribution in [3.63, 3.8) is 0 Å². The second-order valence-corrected chi connectivity index (χ2v) is 5.66. The summed E-state index contributed by atoms with van der Waals surface area (Å²) in [5, 5.41) is 0. The Labute approximate surface area is 104 Å². The van der Waals surface area contributed by atoms with Gasteiger partial charge in [0.1, 0.15) is 11.9 Å². The van der Waals surface area contributed by atoms with Gasteiger partial charge in [-0.15, -0.1) is 0 Å². The molecule has 0 aromatic carbocycles. The van der Waals surface area contributed by atoms with Gasteiger partial charge in [-0.1, -0.05) is 0 Å². The van der Waals surface area contributed by atoms with Gasteiger partial charge in [-0.25, -0.2) is 0 Å². The Morgan fingerprint density at radius 2 is 1.76 bits per heavy atom. The highest BCUT2D eigenvalue weighted by Crippen LogP contribution is 2.23. The lowest BCUT2D eigenvalue weighted by Crippen LogP contribution is -2.48. The summed E-state index contributed by atoms with van der Waals surface area (Å²) in [4.78, 5) is 6.52. The summed E-state index contributed by atoms with van der Waals surface area (Å²) in [5.41, 5.74) is 0.279. The number of ether oxygens (including phenoxy) is 1. The van der Waals surface area contributed by atoms with Crippen molar-refractivity contribution >= 4 is 0 Å². The summed E-state index contributed by atoms with van der Waals surface area (Å²) < 4.78 is 5.95. The summed E-state index contributed by atoms with van der Waals surface area (Å²) in [7, 11) is 0. The zero-order valence-electron chi connectivity index (χ0n) is 11.0. The van der Waals surface area contributed by atoms with Gasteiger partial charge in [0.05, 0.1) is 0 Å². The molecule has 1 aromatic heterocycles. The molecule has 3 nitrogen and oxygen atoms in total. The molecule has 2 rings (SSSR count). The molecule has 0 spiro atoms. The molecule has 3 heteroatoms. The zero-order valence-corrected chi connectivity index (χ0v) is 11.0. The highest BCUT2D eigenvalue weighted by molar-refractivity contribution is 5.17. The number of pyridine rings is 1. The van der Waals surface area contributed by atoms with Crippen LogP contribution in [0.25, 0.3) is 0 Å². The molecule has 0 N–H and O–H groups in total. The van der Waals surface area contributed by atoms with Crippen LogP contribution in [0.2, 0.25) is 0 Å². The molecule has 2 heterocycles. The standard InChI is InChI=1S/C14H22N2O/c1-14(2,3)16-10-6-13(7-11-16)17-12-4-8-15-9-5-12/h4-5,8-9,13H,6-7,10-11H2,1-3H3. The fraction of sp³-hybridized carbons (Fsp3) is 0.643. The van der Waals surface area contributed by atoms with Crippen molar-refractivity contribution in [3.05, 3.63) is 24.5 Å². The molecule has 0 aliphatic carbocycles. The lowest BCUT2D eigenvalue weighted by molar-refractivity contribution is 0.0491. The maximum absolute atomic E-state index is 5.95. The Bertz CT molecular complexity index is 337. The molecule has 1 fully saturated rings. The average molecular weight is 234 g/mol. The molecule has 0 bridgehead atoms. The van der Waals surface area contributed by atoms with E-state index in [1.807, 2.05) is 12.1 Å². The van der Waals surface area contributed by atoms with Gasteiger partial charge in [0.15, 0.2) is 0 Å². The predicted molar refractivity (Wildman–Crippen MR) is 69.2 cm³/mol. The van der Waals surface area contributed by atoms with Gasteiger partial charge in [0, 0.05) is 31.0 Å². The van der Waals surface area contributed by atoms with Gasteiger partial charge in [0.2, 0.25) is 0 Å². The van der Waals surface area contributed by atoms with Crippen LogP contribution in [0.4, 0.5) is 0 Å². The van der Waals surface area contributed by atoms with E-state index in [1.54, 1.807) is 12.4 Å². The molecule has 94 valence electrons. The molecule has 0 saturated carbocycles. The van der Waals surface area contributed by atoms with E-state index in [0.717, 1.165) is 31.7 Å². The van der Waals surface area contributed by atoms with Crippen LogP contribution in [0.3, 0.4) is 0 Å². The Balaban J connectivity index is 1.84.